The zero-order valence-corrected chi connectivity index (χ0v) is 10.4. The summed E-state index contributed by atoms with van der Waals surface area (Å²) in [6, 6.07) is 2.04. The smallest absolute Gasteiger partial charge is 0.0573 e. The van der Waals surface area contributed by atoms with Crippen LogP contribution in [0.4, 0.5) is 11.4 Å². The third-order valence-electron chi connectivity index (χ3n) is 4.60. The lowest BCUT2D eigenvalue weighted by atomic mass is 9.77. The summed E-state index contributed by atoms with van der Waals surface area (Å²) in [6.07, 6.45) is 12.1. The first-order valence-electron chi connectivity index (χ1n) is 6.73. The number of piperidine rings is 1. The number of anilines is 2. The van der Waals surface area contributed by atoms with E-state index < -0.39 is 0 Å². The number of nitrogen functional groups attached to an aromatic ring is 1. The van der Waals surface area contributed by atoms with Crippen molar-refractivity contribution in [1.82, 2.24) is 4.98 Å². The second-order valence-corrected chi connectivity index (χ2v) is 5.67. The molecule has 1 aromatic rings. The van der Waals surface area contributed by atoms with Crippen molar-refractivity contribution >= 4 is 11.4 Å². The molecule has 3 nitrogen and oxygen atoms in total. The molecule has 1 saturated heterocycles. The maximum atomic E-state index is 5.79. The minimum absolute atomic E-state index is 0.685. The standard InChI is InChI=1S/C14H21N3/c15-12-9-13(11-16-10-12)17-7-5-14(6-8-17)3-1-2-4-14/h9-11H,1-8,15H2. The topological polar surface area (TPSA) is 42.1 Å². The molecule has 0 aromatic carbocycles. The minimum atomic E-state index is 0.685. The van der Waals surface area contributed by atoms with Gasteiger partial charge in [0.15, 0.2) is 0 Å². The van der Waals surface area contributed by atoms with Crippen LogP contribution in [0.3, 0.4) is 0 Å². The van der Waals surface area contributed by atoms with Gasteiger partial charge >= 0.3 is 0 Å². The van der Waals surface area contributed by atoms with E-state index in [9.17, 15) is 0 Å². The fourth-order valence-corrected chi connectivity index (χ4v) is 3.48. The summed E-state index contributed by atoms with van der Waals surface area (Å²) >= 11 is 0. The van der Waals surface area contributed by atoms with E-state index in [0.29, 0.717) is 5.41 Å². The van der Waals surface area contributed by atoms with Crippen LogP contribution in [0.1, 0.15) is 38.5 Å². The summed E-state index contributed by atoms with van der Waals surface area (Å²) < 4.78 is 0. The zero-order valence-electron chi connectivity index (χ0n) is 10.4. The molecule has 17 heavy (non-hydrogen) atoms. The van der Waals surface area contributed by atoms with Crippen molar-refractivity contribution in [2.75, 3.05) is 23.7 Å². The Kier molecular flexibility index (Phi) is 2.69. The SMILES string of the molecule is Nc1cncc(N2CCC3(CCCC3)CC2)c1. The molecular weight excluding hydrogens is 210 g/mol. The number of hydrogen-bond acceptors (Lipinski definition) is 3. The first kappa shape index (κ1) is 10.9. The molecule has 0 radical (unpaired) electrons. The van der Waals surface area contributed by atoms with Gasteiger partial charge in [-0.1, -0.05) is 12.8 Å². The average Bonchev–Trinajstić information content (AvgIpc) is 2.79. The summed E-state index contributed by atoms with van der Waals surface area (Å²) in [7, 11) is 0. The molecule has 1 spiro atoms. The van der Waals surface area contributed by atoms with E-state index >= 15 is 0 Å². The Balaban J connectivity index is 1.68. The number of aromatic nitrogens is 1. The van der Waals surface area contributed by atoms with Crippen LogP contribution in [0.15, 0.2) is 18.5 Å². The number of rotatable bonds is 1. The van der Waals surface area contributed by atoms with Gasteiger partial charge in [-0.3, -0.25) is 4.98 Å². The van der Waals surface area contributed by atoms with Crippen LogP contribution in [0, 0.1) is 5.41 Å². The molecule has 0 unspecified atom stereocenters. The second-order valence-electron chi connectivity index (χ2n) is 5.67. The summed E-state index contributed by atoms with van der Waals surface area (Å²) in [6.45, 7) is 2.34. The quantitative estimate of drug-likeness (QED) is 0.808. The Morgan fingerprint density at radius 3 is 2.41 bits per heavy atom. The molecule has 2 N–H and O–H groups in total. The van der Waals surface area contributed by atoms with Crippen LogP contribution in [0.5, 0.6) is 0 Å². The largest absolute Gasteiger partial charge is 0.397 e. The van der Waals surface area contributed by atoms with Gasteiger partial charge in [-0.05, 0) is 37.2 Å². The third-order valence-corrected chi connectivity index (χ3v) is 4.60. The average molecular weight is 231 g/mol. The predicted octanol–water partition coefficient (Wildman–Crippen LogP) is 2.82. The Bertz CT molecular complexity index is 386. The Hall–Kier alpha value is -1.25. The van der Waals surface area contributed by atoms with Crippen LogP contribution in [-0.2, 0) is 0 Å². The minimum Gasteiger partial charge on any atom is -0.397 e. The molecule has 2 aliphatic rings. The molecule has 3 rings (SSSR count). The van der Waals surface area contributed by atoms with Crippen molar-refractivity contribution in [3.63, 3.8) is 0 Å². The van der Waals surface area contributed by atoms with Gasteiger partial charge in [-0.15, -0.1) is 0 Å². The fourth-order valence-electron chi connectivity index (χ4n) is 3.48. The zero-order chi connectivity index (χ0) is 11.7. The Labute approximate surface area is 103 Å². The van der Waals surface area contributed by atoms with Gasteiger partial charge in [0.1, 0.15) is 0 Å². The molecule has 0 amide bonds. The van der Waals surface area contributed by atoms with Crippen LogP contribution in [0.2, 0.25) is 0 Å². The van der Waals surface area contributed by atoms with Crippen LogP contribution < -0.4 is 10.6 Å². The highest BCUT2D eigenvalue weighted by molar-refractivity contribution is 5.53. The van der Waals surface area contributed by atoms with Gasteiger partial charge in [-0.2, -0.15) is 0 Å². The van der Waals surface area contributed by atoms with Crippen molar-refractivity contribution in [2.24, 2.45) is 5.41 Å². The molecule has 92 valence electrons. The monoisotopic (exact) mass is 231 g/mol. The van der Waals surface area contributed by atoms with Gasteiger partial charge in [0.05, 0.1) is 17.6 Å². The molecule has 1 aromatic heterocycles. The summed E-state index contributed by atoms with van der Waals surface area (Å²) in [5.41, 5.74) is 8.44. The first-order valence-corrected chi connectivity index (χ1v) is 6.73. The van der Waals surface area contributed by atoms with E-state index in [2.05, 4.69) is 9.88 Å². The highest BCUT2D eigenvalue weighted by Crippen LogP contribution is 2.46. The lowest BCUT2D eigenvalue weighted by molar-refractivity contribution is 0.226. The van der Waals surface area contributed by atoms with Gasteiger partial charge in [-0.25, -0.2) is 0 Å². The van der Waals surface area contributed by atoms with Gasteiger partial charge in [0.25, 0.3) is 0 Å². The molecular formula is C14H21N3. The van der Waals surface area contributed by atoms with Gasteiger partial charge in [0.2, 0.25) is 0 Å². The van der Waals surface area contributed by atoms with Crippen molar-refractivity contribution in [2.45, 2.75) is 38.5 Å². The summed E-state index contributed by atoms with van der Waals surface area (Å²) in [4.78, 5) is 6.62. The normalized spacial score (nSPS) is 23.2. The third kappa shape index (κ3) is 2.11. The Morgan fingerprint density at radius 2 is 1.76 bits per heavy atom. The van der Waals surface area contributed by atoms with Crippen LogP contribution in [0.25, 0.3) is 0 Å². The molecule has 2 fully saturated rings. The van der Waals surface area contributed by atoms with Crippen molar-refractivity contribution < 1.29 is 0 Å². The van der Waals surface area contributed by atoms with Crippen LogP contribution >= 0.6 is 0 Å². The summed E-state index contributed by atoms with van der Waals surface area (Å²) in [5, 5.41) is 0. The van der Waals surface area contributed by atoms with Crippen molar-refractivity contribution in [1.29, 1.82) is 0 Å². The molecule has 1 saturated carbocycles. The van der Waals surface area contributed by atoms with Gasteiger partial charge < -0.3 is 10.6 Å². The maximum absolute atomic E-state index is 5.79. The van der Waals surface area contributed by atoms with E-state index in [-0.39, 0.29) is 0 Å². The number of pyridine rings is 1. The Morgan fingerprint density at radius 1 is 1.06 bits per heavy atom. The molecule has 0 bridgehead atoms. The van der Waals surface area contributed by atoms with E-state index in [1.807, 2.05) is 12.3 Å². The van der Waals surface area contributed by atoms with Crippen molar-refractivity contribution in [3.8, 4) is 0 Å². The lowest BCUT2D eigenvalue weighted by Crippen LogP contribution is -2.38. The maximum Gasteiger partial charge on any atom is 0.0573 e. The van der Waals surface area contributed by atoms with E-state index in [1.54, 1.807) is 6.20 Å². The van der Waals surface area contributed by atoms with Crippen molar-refractivity contribution in [3.05, 3.63) is 18.5 Å². The molecule has 3 heteroatoms. The second kappa shape index (κ2) is 4.21. The molecule has 1 aliphatic carbocycles. The van der Waals surface area contributed by atoms with E-state index in [1.165, 1.54) is 57.3 Å². The number of nitrogens with zero attached hydrogens (tertiary/aromatic N) is 2. The van der Waals surface area contributed by atoms with E-state index in [0.717, 1.165) is 5.69 Å². The lowest BCUT2D eigenvalue weighted by Gasteiger charge is -2.40. The first-order chi connectivity index (χ1) is 8.27. The highest BCUT2D eigenvalue weighted by atomic mass is 15.1. The van der Waals surface area contributed by atoms with E-state index in [4.69, 9.17) is 5.73 Å². The van der Waals surface area contributed by atoms with Gasteiger partial charge in [0, 0.05) is 19.3 Å². The highest BCUT2D eigenvalue weighted by Gasteiger charge is 2.36. The number of nitrogens with two attached hydrogens (primary N) is 1. The fraction of sp³-hybridized carbons (Fsp3) is 0.643. The predicted molar refractivity (Wildman–Crippen MR) is 71.0 cm³/mol. The molecule has 0 atom stereocenters. The molecule has 1 aliphatic heterocycles. The van der Waals surface area contributed by atoms with Crippen LogP contribution in [-0.4, -0.2) is 18.1 Å². The molecule has 2 heterocycles. The number of hydrogen-bond donors (Lipinski definition) is 1. The summed E-state index contributed by atoms with van der Waals surface area (Å²) in [5.74, 6) is 0.